The number of benzene rings is 1. The Hall–Kier alpha value is -3.15. The molecule has 1 aromatic carbocycles. The van der Waals surface area contributed by atoms with E-state index in [2.05, 4.69) is 10.1 Å². The van der Waals surface area contributed by atoms with Gasteiger partial charge in [0.15, 0.2) is 0 Å². The van der Waals surface area contributed by atoms with Gasteiger partial charge in [-0.05, 0) is 42.8 Å². The second-order valence-electron chi connectivity index (χ2n) is 5.42. The van der Waals surface area contributed by atoms with Crippen molar-refractivity contribution in [2.75, 3.05) is 0 Å². The summed E-state index contributed by atoms with van der Waals surface area (Å²) in [4.78, 5) is 16.0. The maximum absolute atomic E-state index is 12.1. The first-order valence-corrected chi connectivity index (χ1v) is 7.44. The van der Waals surface area contributed by atoms with Crippen LogP contribution in [0.4, 0.5) is 0 Å². The third-order valence-electron chi connectivity index (χ3n) is 3.31. The average Bonchev–Trinajstić information content (AvgIpc) is 3.00. The molecule has 24 heavy (non-hydrogen) atoms. The number of hydrogen-bond acceptors (Lipinski definition) is 5. The van der Waals surface area contributed by atoms with Crippen LogP contribution in [-0.2, 0) is 13.7 Å². The fraction of sp³-hybridized carbons (Fsp3) is 0.167. The minimum atomic E-state index is -0.435. The molecule has 0 aliphatic heterocycles. The molecule has 2 heterocycles. The van der Waals surface area contributed by atoms with Crippen molar-refractivity contribution in [2.45, 2.75) is 13.5 Å². The summed E-state index contributed by atoms with van der Waals surface area (Å²) in [5.41, 5.74) is 2.32. The Morgan fingerprint density at radius 3 is 2.54 bits per heavy atom. The average molecular weight is 323 g/mol. The van der Waals surface area contributed by atoms with Gasteiger partial charge in [0.25, 0.3) is 0 Å². The summed E-state index contributed by atoms with van der Waals surface area (Å²) in [5.74, 6) is 0.710. The number of hydrogen-bond donors (Lipinski definition) is 0. The fourth-order valence-corrected chi connectivity index (χ4v) is 2.15. The summed E-state index contributed by atoms with van der Waals surface area (Å²) in [6.07, 6.45) is 6.82. The van der Waals surface area contributed by atoms with E-state index in [1.165, 1.54) is 6.20 Å². The van der Waals surface area contributed by atoms with Gasteiger partial charge in [0.05, 0.1) is 11.8 Å². The lowest BCUT2D eigenvalue weighted by Crippen LogP contribution is -2.09. The highest BCUT2D eigenvalue weighted by molar-refractivity contribution is 5.90. The molecule has 0 aliphatic rings. The highest BCUT2D eigenvalue weighted by Crippen LogP contribution is 2.19. The number of carbonyl (C=O) groups excluding carboxylic acids is 1. The van der Waals surface area contributed by atoms with Crippen molar-refractivity contribution in [3.8, 4) is 11.5 Å². The summed E-state index contributed by atoms with van der Waals surface area (Å²) in [7, 11) is 1.86. The molecule has 122 valence electrons. The molecule has 0 spiro atoms. The molecule has 6 heteroatoms. The van der Waals surface area contributed by atoms with E-state index in [9.17, 15) is 4.79 Å². The van der Waals surface area contributed by atoms with Gasteiger partial charge in [0.2, 0.25) is 0 Å². The second-order valence-corrected chi connectivity index (χ2v) is 5.42. The Bertz CT molecular complexity index is 841. The van der Waals surface area contributed by atoms with Gasteiger partial charge >= 0.3 is 5.97 Å². The molecule has 0 aliphatic carbocycles. The number of aromatic nitrogens is 3. The van der Waals surface area contributed by atoms with Crippen molar-refractivity contribution in [3.05, 3.63) is 71.8 Å². The summed E-state index contributed by atoms with van der Waals surface area (Å²) >= 11 is 0. The smallest absolute Gasteiger partial charge is 0.345 e. The summed E-state index contributed by atoms with van der Waals surface area (Å²) in [6.45, 7) is 2.31. The van der Waals surface area contributed by atoms with Crippen molar-refractivity contribution in [1.82, 2.24) is 14.8 Å². The lowest BCUT2D eigenvalue weighted by molar-refractivity contribution is 0.0734. The lowest BCUT2D eigenvalue weighted by Gasteiger charge is -2.07. The first-order valence-electron chi connectivity index (χ1n) is 7.44. The van der Waals surface area contributed by atoms with Crippen LogP contribution < -0.4 is 9.47 Å². The van der Waals surface area contributed by atoms with Crippen molar-refractivity contribution < 1.29 is 14.3 Å². The van der Waals surface area contributed by atoms with Gasteiger partial charge in [-0.2, -0.15) is 5.10 Å². The van der Waals surface area contributed by atoms with E-state index >= 15 is 0 Å². The van der Waals surface area contributed by atoms with E-state index in [1.807, 2.05) is 20.2 Å². The van der Waals surface area contributed by atoms with Crippen LogP contribution in [0.2, 0.25) is 0 Å². The Morgan fingerprint density at radius 2 is 1.88 bits per heavy atom. The van der Waals surface area contributed by atoms with Gasteiger partial charge in [-0.25, -0.2) is 4.79 Å². The molecule has 0 fully saturated rings. The Labute approximate surface area is 139 Å². The molecule has 0 N–H and O–H groups in total. The Kier molecular flexibility index (Phi) is 4.56. The van der Waals surface area contributed by atoms with Crippen LogP contribution in [0, 0.1) is 6.92 Å². The zero-order valence-electron chi connectivity index (χ0n) is 13.5. The van der Waals surface area contributed by atoms with Gasteiger partial charge in [0, 0.05) is 31.2 Å². The number of nitrogens with zero attached hydrogens (tertiary/aromatic N) is 3. The second kappa shape index (κ2) is 6.95. The van der Waals surface area contributed by atoms with Crippen LogP contribution in [0.15, 0.2) is 55.1 Å². The summed E-state index contributed by atoms with van der Waals surface area (Å²) < 4.78 is 12.7. The molecule has 0 saturated carbocycles. The molecule has 3 aromatic rings. The van der Waals surface area contributed by atoms with Crippen molar-refractivity contribution in [3.63, 3.8) is 0 Å². The zero-order valence-corrected chi connectivity index (χ0v) is 13.5. The molecule has 0 amide bonds. The van der Waals surface area contributed by atoms with E-state index < -0.39 is 5.97 Å². The van der Waals surface area contributed by atoms with Crippen LogP contribution in [-0.4, -0.2) is 20.7 Å². The van der Waals surface area contributed by atoms with E-state index in [0.717, 1.165) is 11.1 Å². The highest BCUT2D eigenvalue weighted by Gasteiger charge is 2.09. The van der Waals surface area contributed by atoms with Crippen molar-refractivity contribution in [2.24, 2.45) is 7.05 Å². The maximum Gasteiger partial charge on any atom is 0.345 e. The van der Waals surface area contributed by atoms with Crippen LogP contribution in [0.1, 0.15) is 21.5 Å². The summed E-state index contributed by atoms with van der Waals surface area (Å²) in [5, 5.41) is 4.08. The standard InChI is InChI=1S/C18H17N3O3/c1-13-7-15(10-19-8-13)18(22)24-17-5-3-16(4-6-17)23-12-14-9-20-21(2)11-14/h3-11H,12H2,1-2H3. The molecule has 0 saturated heterocycles. The molecule has 0 bridgehead atoms. The Morgan fingerprint density at radius 1 is 1.12 bits per heavy atom. The number of aryl methyl sites for hydroxylation is 2. The number of esters is 1. The van der Waals surface area contributed by atoms with Crippen molar-refractivity contribution in [1.29, 1.82) is 0 Å². The monoisotopic (exact) mass is 323 g/mol. The quantitative estimate of drug-likeness (QED) is 0.533. The first kappa shape index (κ1) is 15.7. The van der Waals surface area contributed by atoms with Gasteiger partial charge in [-0.3, -0.25) is 9.67 Å². The largest absolute Gasteiger partial charge is 0.489 e. The first-order chi connectivity index (χ1) is 11.6. The minimum absolute atomic E-state index is 0.423. The van der Waals surface area contributed by atoms with E-state index in [0.29, 0.717) is 23.7 Å². The third kappa shape index (κ3) is 3.98. The molecule has 6 nitrogen and oxygen atoms in total. The maximum atomic E-state index is 12.1. The van der Waals surface area contributed by atoms with Crippen LogP contribution in [0.25, 0.3) is 0 Å². The summed E-state index contributed by atoms with van der Waals surface area (Å²) in [6, 6.07) is 8.64. The topological polar surface area (TPSA) is 66.2 Å². The lowest BCUT2D eigenvalue weighted by atomic mass is 10.2. The molecule has 3 rings (SSSR count). The fourth-order valence-electron chi connectivity index (χ4n) is 2.15. The predicted octanol–water partition coefficient (Wildman–Crippen LogP) is 2.92. The molecule has 0 radical (unpaired) electrons. The van der Waals surface area contributed by atoms with Crippen LogP contribution in [0.5, 0.6) is 11.5 Å². The van der Waals surface area contributed by atoms with E-state index in [1.54, 1.807) is 47.4 Å². The number of rotatable bonds is 5. The Balaban J connectivity index is 1.59. The molecular formula is C18H17N3O3. The minimum Gasteiger partial charge on any atom is -0.489 e. The van der Waals surface area contributed by atoms with Gasteiger partial charge in [-0.1, -0.05) is 0 Å². The zero-order chi connectivity index (χ0) is 16.9. The van der Waals surface area contributed by atoms with E-state index in [4.69, 9.17) is 9.47 Å². The van der Waals surface area contributed by atoms with Crippen LogP contribution in [0.3, 0.4) is 0 Å². The molecule has 0 unspecified atom stereocenters. The van der Waals surface area contributed by atoms with Crippen LogP contribution >= 0.6 is 0 Å². The van der Waals surface area contributed by atoms with Gasteiger partial charge in [-0.15, -0.1) is 0 Å². The number of pyridine rings is 1. The third-order valence-corrected chi connectivity index (χ3v) is 3.31. The number of carbonyl (C=O) groups is 1. The predicted molar refractivity (Wildman–Crippen MR) is 87.9 cm³/mol. The number of ether oxygens (including phenoxy) is 2. The van der Waals surface area contributed by atoms with Gasteiger partial charge in [0.1, 0.15) is 18.1 Å². The SMILES string of the molecule is Cc1cncc(C(=O)Oc2ccc(OCc3cnn(C)c3)cc2)c1. The highest BCUT2D eigenvalue weighted by atomic mass is 16.5. The van der Waals surface area contributed by atoms with Gasteiger partial charge < -0.3 is 9.47 Å². The van der Waals surface area contributed by atoms with E-state index in [-0.39, 0.29) is 0 Å². The molecule has 0 atom stereocenters. The molecule has 2 aromatic heterocycles. The van der Waals surface area contributed by atoms with Crippen molar-refractivity contribution >= 4 is 5.97 Å². The molecular weight excluding hydrogens is 306 g/mol. The normalized spacial score (nSPS) is 10.4.